The van der Waals surface area contributed by atoms with Crippen molar-refractivity contribution in [3.05, 3.63) is 42.6 Å². The largest absolute Gasteiger partial charge is 0.469 e. The monoisotopic (exact) mass is 496 g/mol. The van der Waals surface area contributed by atoms with E-state index < -0.39 is 0 Å². The SMILES string of the molecule is I.c1cnc(N2CCN(C(=NCCc3ccco3)NC3CCCC3)CC2)nc1. The van der Waals surface area contributed by atoms with Crippen LogP contribution in [-0.4, -0.2) is 59.6 Å². The Morgan fingerprint density at radius 1 is 1.11 bits per heavy atom. The fourth-order valence-electron chi connectivity index (χ4n) is 3.79. The molecule has 1 N–H and O–H groups in total. The molecule has 0 spiro atoms. The lowest BCUT2D eigenvalue weighted by atomic mass is 10.2. The van der Waals surface area contributed by atoms with E-state index in [-0.39, 0.29) is 24.0 Å². The van der Waals surface area contributed by atoms with Crippen molar-refractivity contribution in [2.24, 2.45) is 4.99 Å². The van der Waals surface area contributed by atoms with Crippen LogP contribution < -0.4 is 10.2 Å². The van der Waals surface area contributed by atoms with Gasteiger partial charge in [-0.1, -0.05) is 12.8 Å². The molecule has 1 saturated heterocycles. The van der Waals surface area contributed by atoms with E-state index in [1.807, 2.05) is 18.2 Å². The van der Waals surface area contributed by atoms with Crippen LogP contribution >= 0.6 is 24.0 Å². The summed E-state index contributed by atoms with van der Waals surface area (Å²) in [7, 11) is 0. The molecule has 1 saturated carbocycles. The van der Waals surface area contributed by atoms with Crippen molar-refractivity contribution in [1.29, 1.82) is 0 Å². The van der Waals surface area contributed by atoms with Gasteiger partial charge in [-0.3, -0.25) is 4.99 Å². The van der Waals surface area contributed by atoms with Gasteiger partial charge in [-0.25, -0.2) is 9.97 Å². The van der Waals surface area contributed by atoms with E-state index in [0.29, 0.717) is 6.04 Å². The number of rotatable bonds is 5. The average Bonchev–Trinajstić information content (AvgIpc) is 3.42. The first-order chi connectivity index (χ1) is 13.4. The van der Waals surface area contributed by atoms with Crippen molar-refractivity contribution in [3.63, 3.8) is 0 Å². The first kappa shape index (κ1) is 20.9. The Hall–Kier alpha value is -1.84. The minimum Gasteiger partial charge on any atom is -0.469 e. The van der Waals surface area contributed by atoms with Gasteiger partial charge in [-0.2, -0.15) is 0 Å². The van der Waals surface area contributed by atoms with E-state index in [1.54, 1.807) is 18.7 Å². The molecule has 2 aliphatic rings. The van der Waals surface area contributed by atoms with E-state index in [1.165, 1.54) is 25.7 Å². The smallest absolute Gasteiger partial charge is 0.225 e. The van der Waals surface area contributed by atoms with Crippen LogP contribution in [0.25, 0.3) is 0 Å². The number of hydrogen-bond acceptors (Lipinski definition) is 5. The van der Waals surface area contributed by atoms with Crippen molar-refractivity contribution >= 4 is 35.9 Å². The molecule has 0 aromatic carbocycles. The number of halogens is 1. The van der Waals surface area contributed by atoms with E-state index in [9.17, 15) is 0 Å². The van der Waals surface area contributed by atoms with Crippen molar-refractivity contribution in [2.75, 3.05) is 37.6 Å². The molecular formula is C20H29IN6O. The standard InChI is InChI=1S/C20H28N6O.HI/c1-2-6-17(5-1)24-20(23-11-8-18-7-3-16-27-18)26-14-12-25(13-15-26)19-21-9-4-10-22-19;/h3-4,7,9-10,16-17H,1-2,5-6,8,11-15H2,(H,23,24);1H. The predicted molar refractivity (Wildman–Crippen MR) is 121 cm³/mol. The van der Waals surface area contributed by atoms with Crippen LogP contribution in [0.1, 0.15) is 31.4 Å². The maximum absolute atomic E-state index is 5.43. The third kappa shape index (κ3) is 5.59. The number of aliphatic imine (C=N–C) groups is 1. The van der Waals surface area contributed by atoms with Crippen LogP contribution in [0.5, 0.6) is 0 Å². The number of anilines is 1. The first-order valence-corrected chi connectivity index (χ1v) is 9.99. The molecule has 1 aliphatic carbocycles. The Balaban J connectivity index is 0.00000225. The molecule has 3 heterocycles. The zero-order chi connectivity index (χ0) is 18.3. The van der Waals surface area contributed by atoms with Gasteiger partial charge in [0.15, 0.2) is 5.96 Å². The van der Waals surface area contributed by atoms with Gasteiger partial charge in [0, 0.05) is 57.6 Å². The van der Waals surface area contributed by atoms with Gasteiger partial charge in [-0.05, 0) is 31.0 Å². The fraction of sp³-hybridized carbons (Fsp3) is 0.550. The summed E-state index contributed by atoms with van der Waals surface area (Å²) in [4.78, 5) is 18.3. The molecule has 152 valence electrons. The molecule has 0 radical (unpaired) electrons. The van der Waals surface area contributed by atoms with Crippen LogP contribution in [0.3, 0.4) is 0 Å². The maximum atomic E-state index is 5.43. The Morgan fingerprint density at radius 2 is 1.86 bits per heavy atom. The molecule has 7 nitrogen and oxygen atoms in total. The second-order valence-electron chi connectivity index (χ2n) is 7.18. The highest BCUT2D eigenvalue weighted by Crippen LogP contribution is 2.18. The van der Waals surface area contributed by atoms with Gasteiger partial charge in [0.05, 0.1) is 6.26 Å². The van der Waals surface area contributed by atoms with Gasteiger partial charge in [0.25, 0.3) is 0 Å². The number of nitrogens with zero attached hydrogens (tertiary/aromatic N) is 5. The zero-order valence-corrected chi connectivity index (χ0v) is 18.5. The Bertz CT molecular complexity index is 710. The summed E-state index contributed by atoms with van der Waals surface area (Å²) in [5.41, 5.74) is 0. The highest BCUT2D eigenvalue weighted by molar-refractivity contribution is 14.0. The zero-order valence-electron chi connectivity index (χ0n) is 16.2. The highest BCUT2D eigenvalue weighted by atomic mass is 127. The van der Waals surface area contributed by atoms with Crippen LogP contribution in [0.15, 0.2) is 46.3 Å². The summed E-state index contributed by atoms with van der Waals surface area (Å²) in [5, 5.41) is 3.72. The quantitative estimate of drug-likeness (QED) is 0.390. The van der Waals surface area contributed by atoms with Crippen LogP contribution in [0, 0.1) is 0 Å². The number of piperazine rings is 1. The first-order valence-electron chi connectivity index (χ1n) is 9.99. The molecule has 8 heteroatoms. The third-order valence-electron chi connectivity index (χ3n) is 5.30. The number of hydrogen-bond donors (Lipinski definition) is 1. The molecule has 2 aromatic rings. The molecule has 1 aliphatic heterocycles. The lowest BCUT2D eigenvalue weighted by molar-refractivity contribution is 0.363. The number of furan rings is 1. The van der Waals surface area contributed by atoms with Crippen LogP contribution in [0.4, 0.5) is 5.95 Å². The molecule has 0 unspecified atom stereocenters. The number of guanidine groups is 1. The van der Waals surface area contributed by atoms with Gasteiger partial charge in [0.1, 0.15) is 5.76 Å². The van der Waals surface area contributed by atoms with E-state index >= 15 is 0 Å². The fourth-order valence-corrected chi connectivity index (χ4v) is 3.79. The Morgan fingerprint density at radius 3 is 2.54 bits per heavy atom. The number of nitrogens with one attached hydrogen (secondary N) is 1. The summed E-state index contributed by atoms with van der Waals surface area (Å²) in [6.45, 7) is 4.42. The molecule has 28 heavy (non-hydrogen) atoms. The molecular weight excluding hydrogens is 467 g/mol. The second-order valence-corrected chi connectivity index (χ2v) is 7.18. The lowest BCUT2D eigenvalue weighted by Crippen LogP contribution is -2.54. The van der Waals surface area contributed by atoms with Gasteiger partial charge in [-0.15, -0.1) is 24.0 Å². The topological polar surface area (TPSA) is 69.8 Å². The molecule has 0 amide bonds. The summed E-state index contributed by atoms with van der Waals surface area (Å²) in [6.07, 6.45) is 11.3. The normalized spacial score (nSPS) is 18.2. The van der Waals surface area contributed by atoms with Gasteiger partial charge < -0.3 is 19.5 Å². The predicted octanol–water partition coefficient (Wildman–Crippen LogP) is 2.94. The minimum atomic E-state index is 0. The second kappa shape index (κ2) is 10.6. The lowest BCUT2D eigenvalue weighted by Gasteiger charge is -2.37. The van der Waals surface area contributed by atoms with E-state index in [0.717, 1.165) is 56.8 Å². The van der Waals surface area contributed by atoms with Crippen LogP contribution in [-0.2, 0) is 6.42 Å². The molecule has 4 rings (SSSR count). The van der Waals surface area contributed by atoms with Crippen LogP contribution in [0.2, 0.25) is 0 Å². The van der Waals surface area contributed by atoms with Crippen molar-refractivity contribution < 1.29 is 4.42 Å². The Labute approximate surface area is 183 Å². The molecule has 0 atom stereocenters. The molecule has 2 fully saturated rings. The molecule has 2 aromatic heterocycles. The summed E-state index contributed by atoms with van der Waals surface area (Å²) < 4.78 is 5.43. The van der Waals surface area contributed by atoms with Crippen molar-refractivity contribution in [1.82, 2.24) is 20.2 Å². The summed E-state index contributed by atoms with van der Waals surface area (Å²) >= 11 is 0. The van der Waals surface area contributed by atoms with E-state index in [4.69, 9.17) is 9.41 Å². The summed E-state index contributed by atoms with van der Waals surface area (Å²) in [5.74, 6) is 2.85. The minimum absolute atomic E-state index is 0. The summed E-state index contributed by atoms with van der Waals surface area (Å²) in [6, 6.07) is 6.36. The molecule has 0 bridgehead atoms. The average molecular weight is 496 g/mol. The highest BCUT2D eigenvalue weighted by Gasteiger charge is 2.24. The third-order valence-corrected chi connectivity index (χ3v) is 5.30. The van der Waals surface area contributed by atoms with Crippen molar-refractivity contribution in [3.8, 4) is 0 Å². The van der Waals surface area contributed by atoms with Gasteiger partial charge in [0.2, 0.25) is 5.95 Å². The number of aromatic nitrogens is 2. The maximum Gasteiger partial charge on any atom is 0.225 e. The van der Waals surface area contributed by atoms with E-state index in [2.05, 4.69) is 25.1 Å². The van der Waals surface area contributed by atoms with Gasteiger partial charge >= 0.3 is 0 Å². The van der Waals surface area contributed by atoms with Crippen molar-refractivity contribution in [2.45, 2.75) is 38.1 Å². The Kier molecular flexibility index (Phi) is 7.93.